The fourth-order valence-electron chi connectivity index (χ4n) is 3.24. The molecule has 156 valence electrons. The summed E-state index contributed by atoms with van der Waals surface area (Å²) in [5.74, 6) is -0.121. The molecule has 9 heteroatoms. The maximum Gasteiger partial charge on any atom is 0.494 e. The molecule has 1 aliphatic heterocycles. The summed E-state index contributed by atoms with van der Waals surface area (Å²) in [6, 6.07) is 10.8. The Hall–Kier alpha value is -2.06. The van der Waals surface area contributed by atoms with Gasteiger partial charge in [-0.3, -0.25) is 4.79 Å². The van der Waals surface area contributed by atoms with Gasteiger partial charge in [-0.1, -0.05) is 35.3 Å². The summed E-state index contributed by atoms with van der Waals surface area (Å²) in [5, 5.41) is 5.83. The van der Waals surface area contributed by atoms with Gasteiger partial charge in [0, 0.05) is 18.4 Å². The third kappa shape index (κ3) is 3.60. The first-order valence-corrected chi connectivity index (χ1v) is 10.3. The number of esters is 1. The van der Waals surface area contributed by atoms with E-state index in [2.05, 4.69) is 5.10 Å². The van der Waals surface area contributed by atoms with Crippen molar-refractivity contribution >= 4 is 52.7 Å². The number of ether oxygens (including phenoxy) is 1. The number of halogens is 2. The number of rotatable bonds is 3. The van der Waals surface area contributed by atoms with Gasteiger partial charge in [0.05, 0.1) is 21.9 Å². The van der Waals surface area contributed by atoms with Crippen molar-refractivity contribution in [2.75, 3.05) is 0 Å². The molecule has 0 spiro atoms. The van der Waals surface area contributed by atoms with Crippen LogP contribution in [0.1, 0.15) is 34.6 Å². The van der Waals surface area contributed by atoms with Crippen LogP contribution in [-0.4, -0.2) is 34.1 Å². The van der Waals surface area contributed by atoms with E-state index in [9.17, 15) is 4.79 Å². The highest BCUT2D eigenvalue weighted by Gasteiger charge is 2.51. The Morgan fingerprint density at radius 1 is 1.07 bits per heavy atom. The second-order valence-corrected chi connectivity index (χ2v) is 9.04. The largest absolute Gasteiger partial charge is 0.494 e. The molecule has 2 aromatic carbocycles. The van der Waals surface area contributed by atoms with Gasteiger partial charge in [0.25, 0.3) is 0 Å². The van der Waals surface area contributed by atoms with Gasteiger partial charge in [0.2, 0.25) is 0 Å². The molecular formula is C21H21BCl2N2O4. The van der Waals surface area contributed by atoms with E-state index in [0.717, 1.165) is 11.2 Å². The van der Waals surface area contributed by atoms with Crippen LogP contribution in [0.25, 0.3) is 16.6 Å². The summed E-state index contributed by atoms with van der Waals surface area (Å²) < 4.78 is 18.9. The van der Waals surface area contributed by atoms with E-state index in [1.54, 1.807) is 16.8 Å². The monoisotopic (exact) mass is 446 g/mol. The van der Waals surface area contributed by atoms with Crippen molar-refractivity contribution < 1.29 is 18.8 Å². The van der Waals surface area contributed by atoms with Crippen molar-refractivity contribution in [3.05, 3.63) is 46.6 Å². The van der Waals surface area contributed by atoms with Crippen molar-refractivity contribution in [3.63, 3.8) is 0 Å². The molecule has 1 aliphatic rings. The molecule has 0 radical (unpaired) electrons. The van der Waals surface area contributed by atoms with Crippen molar-refractivity contribution in [1.29, 1.82) is 0 Å². The highest BCUT2D eigenvalue weighted by atomic mass is 35.5. The standard InChI is InChI=1S/C21H21BCl2N2O4/c1-12(27)28-15-10-16-18(17(23)11-15)25-26(19(16)24)14-8-6-13(7-9-14)22-29-20(2,3)21(4,5)30-22/h6-11H,1-5H3. The van der Waals surface area contributed by atoms with Crippen LogP contribution in [0.15, 0.2) is 36.4 Å². The molecule has 0 atom stereocenters. The molecule has 0 unspecified atom stereocenters. The fraction of sp³-hybridized carbons (Fsp3) is 0.333. The number of nitrogens with zero attached hydrogens (tertiary/aromatic N) is 2. The van der Waals surface area contributed by atoms with Crippen molar-refractivity contribution in [1.82, 2.24) is 9.78 Å². The van der Waals surface area contributed by atoms with Gasteiger partial charge in [-0.2, -0.15) is 5.10 Å². The SMILES string of the molecule is CC(=O)Oc1cc(Cl)c2nn(-c3ccc(B4OC(C)(C)C(C)(C)O4)cc3)c(Cl)c2c1. The average Bonchev–Trinajstić information content (AvgIpc) is 3.08. The van der Waals surface area contributed by atoms with E-state index < -0.39 is 24.3 Å². The maximum absolute atomic E-state index is 11.3. The lowest BCUT2D eigenvalue weighted by molar-refractivity contribution is -0.131. The van der Waals surface area contributed by atoms with E-state index in [4.69, 9.17) is 37.2 Å². The predicted molar refractivity (Wildman–Crippen MR) is 118 cm³/mol. The first-order valence-electron chi connectivity index (χ1n) is 9.51. The topological polar surface area (TPSA) is 62.6 Å². The molecule has 6 nitrogen and oxygen atoms in total. The van der Waals surface area contributed by atoms with Gasteiger partial charge in [-0.25, -0.2) is 4.68 Å². The molecule has 30 heavy (non-hydrogen) atoms. The van der Waals surface area contributed by atoms with Gasteiger partial charge in [-0.05, 0) is 51.4 Å². The van der Waals surface area contributed by atoms with Crippen LogP contribution < -0.4 is 10.2 Å². The highest BCUT2D eigenvalue weighted by molar-refractivity contribution is 6.62. The molecule has 0 bridgehead atoms. The van der Waals surface area contributed by atoms with E-state index in [-0.39, 0.29) is 0 Å². The average molecular weight is 447 g/mol. The Labute approximate surface area is 185 Å². The minimum Gasteiger partial charge on any atom is -0.427 e. The molecule has 1 fully saturated rings. The Bertz CT molecular complexity index is 1130. The minimum absolute atomic E-state index is 0.317. The Balaban J connectivity index is 1.67. The summed E-state index contributed by atoms with van der Waals surface area (Å²) in [5.41, 5.74) is 1.36. The molecule has 3 aromatic rings. The quantitative estimate of drug-likeness (QED) is 0.335. The van der Waals surface area contributed by atoms with Crippen LogP contribution in [-0.2, 0) is 14.1 Å². The van der Waals surface area contributed by atoms with Gasteiger partial charge in [0.15, 0.2) is 0 Å². The van der Waals surface area contributed by atoms with E-state index in [1.165, 1.54) is 6.92 Å². The van der Waals surface area contributed by atoms with Gasteiger partial charge in [-0.15, -0.1) is 0 Å². The summed E-state index contributed by atoms with van der Waals surface area (Å²) in [6.45, 7) is 9.40. The predicted octanol–water partition coefficient (Wildman–Crippen LogP) is 4.56. The van der Waals surface area contributed by atoms with Crippen LogP contribution in [0.5, 0.6) is 5.75 Å². The Morgan fingerprint density at radius 2 is 1.67 bits per heavy atom. The lowest BCUT2D eigenvalue weighted by atomic mass is 9.79. The summed E-state index contributed by atoms with van der Waals surface area (Å²) >= 11 is 12.9. The maximum atomic E-state index is 11.3. The molecule has 4 rings (SSSR count). The summed E-state index contributed by atoms with van der Waals surface area (Å²) in [6.07, 6.45) is 0. The molecule has 1 saturated heterocycles. The van der Waals surface area contributed by atoms with Crippen LogP contribution in [0.2, 0.25) is 10.2 Å². The van der Waals surface area contributed by atoms with Crippen molar-refractivity contribution in [3.8, 4) is 11.4 Å². The number of benzene rings is 2. The summed E-state index contributed by atoms with van der Waals surface area (Å²) in [7, 11) is -0.447. The minimum atomic E-state index is -0.447. The second-order valence-electron chi connectivity index (χ2n) is 8.28. The number of hydrogen-bond acceptors (Lipinski definition) is 5. The molecule has 2 heterocycles. The third-order valence-corrected chi connectivity index (χ3v) is 6.22. The molecule has 0 aliphatic carbocycles. The molecule has 1 aromatic heterocycles. The number of carbonyl (C=O) groups excluding carboxylic acids is 1. The lowest BCUT2D eigenvalue weighted by Crippen LogP contribution is -2.41. The van der Waals surface area contributed by atoms with E-state index in [1.807, 2.05) is 52.0 Å². The Kier molecular flexibility index (Phi) is 5.14. The lowest BCUT2D eigenvalue weighted by Gasteiger charge is -2.32. The van der Waals surface area contributed by atoms with Crippen molar-refractivity contribution in [2.24, 2.45) is 0 Å². The van der Waals surface area contributed by atoms with E-state index >= 15 is 0 Å². The van der Waals surface area contributed by atoms with Crippen LogP contribution >= 0.6 is 23.2 Å². The Morgan fingerprint density at radius 3 is 2.23 bits per heavy atom. The zero-order valence-corrected chi connectivity index (χ0v) is 18.8. The first kappa shape index (κ1) is 21.2. The number of fused-ring (bicyclic) bond motifs is 1. The number of carbonyl (C=O) groups is 1. The van der Waals surface area contributed by atoms with Gasteiger partial charge in [0.1, 0.15) is 16.4 Å². The van der Waals surface area contributed by atoms with Crippen LogP contribution in [0, 0.1) is 0 Å². The number of aromatic nitrogens is 2. The van der Waals surface area contributed by atoms with E-state index in [0.29, 0.717) is 26.8 Å². The smallest absolute Gasteiger partial charge is 0.427 e. The molecule has 0 N–H and O–H groups in total. The van der Waals surface area contributed by atoms with Crippen molar-refractivity contribution in [2.45, 2.75) is 45.8 Å². The zero-order valence-electron chi connectivity index (χ0n) is 17.3. The highest BCUT2D eigenvalue weighted by Crippen LogP contribution is 2.37. The molecular weight excluding hydrogens is 426 g/mol. The van der Waals surface area contributed by atoms with Crippen LogP contribution in [0.4, 0.5) is 0 Å². The second kappa shape index (κ2) is 7.27. The molecule has 0 amide bonds. The first-order chi connectivity index (χ1) is 14.0. The third-order valence-electron chi connectivity index (χ3n) is 5.57. The number of hydrogen-bond donors (Lipinski definition) is 0. The van der Waals surface area contributed by atoms with Gasteiger partial charge >= 0.3 is 13.1 Å². The summed E-state index contributed by atoms with van der Waals surface area (Å²) in [4.78, 5) is 11.3. The van der Waals surface area contributed by atoms with Crippen LogP contribution in [0.3, 0.4) is 0 Å². The normalized spacial score (nSPS) is 17.5. The zero-order chi connectivity index (χ0) is 21.8. The fourth-order valence-corrected chi connectivity index (χ4v) is 3.77. The molecule has 0 saturated carbocycles. The van der Waals surface area contributed by atoms with Gasteiger partial charge < -0.3 is 14.0 Å².